The number of primary amides is 1. The fraction of sp³-hybridized carbons (Fsp3) is 0.385. The van der Waals surface area contributed by atoms with E-state index in [2.05, 4.69) is 0 Å². The monoisotopic (exact) mass is 304 g/mol. The number of amides is 1. The molecule has 0 saturated carbocycles. The predicted molar refractivity (Wildman–Crippen MR) is 70.1 cm³/mol. The average Bonchev–Trinajstić information content (AvgIpc) is 2.36. The summed E-state index contributed by atoms with van der Waals surface area (Å²) in [6.45, 7) is 0.276. The van der Waals surface area contributed by atoms with Gasteiger partial charge in [-0.05, 0) is 24.6 Å². The van der Waals surface area contributed by atoms with Gasteiger partial charge in [0.15, 0.2) is 0 Å². The second-order valence-corrected chi connectivity index (χ2v) is 4.51. The molecule has 1 aromatic carbocycles. The molecule has 0 aliphatic rings. The summed E-state index contributed by atoms with van der Waals surface area (Å²) in [7, 11) is 1.55. The van der Waals surface area contributed by atoms with Crippen molar-refractivity contribution in [3.05, 3.63) is 29.3 Å². The number of nitrogens with zero attached hydrogens (tertiary/aromatic N) is 1. The Morgan fingerprint density at radius 1 is 1.33 bits per heavy atom. The van der Waals surface area contributed by atoms with Crippen molar-refractivity contribution in [3.8, 4) is 0 Å². The topological polar surface area (TPSA) is 83.6 Å². The second kappa shape index (κ2) is 6.47. The number of anilines is 1. The molecule has 0 spiro atoms. The molecular formula is C13H15F3N2O3. The van der Waals surface area contributed by atoms with E-state index in [1.54, 1.807) is 7.05 Å². The molecular weight excluding hydrogens is 289 g/mol. The Balaban J connectivity index is 3.01. The summed E-state index contributed by atoms with van der Waals surface area (Å²) >= 11 is 0. The van der Waals surface area contributed by atoms with Crippen LogP contribution in [0.2, 0.25) is 0 Å². The first-order valence-electron chi connectivity index (χ1n) is 6.07. The quantitative estimate of drug-likeness (QED) is 0.843. The van der Waals surface area contributed by atoms with Crippen molar-refractivity contribution >= 4 is 17.6 Å². The summed E-state index contributed by atoms with van der Waals surface area (Å²) in [6, 6.07) is 2.71. The van der Waals surface area contributed by atoms with E-state index >= 15 is 0 Å². The molecule has 0 aromatic heterocycles. The van der Waals surface area contributed by atoms with Gasteiger partial charge in [0.05, 0.1) is 11.1 Å². The van der Waals surface area contributed by atoms with Crippen LogP contribution in [0.25, 0.3) is 0 Å². The first-order valence-corrected chi connectivity index (χ1v) is 6.07. The molecule has 0 radical (unpaired) electrons. The van der Waals surface area contributed by atoms with Crippen molar-refractivity contribution in [2.45, 2.75) is 19.0 Å². The maximum atomic E-state index is 12.6. The van der Waals surface area contributed by atoms with Crippen LogP contribution < -0.4 is 10.6 Å². The van der Waals surface area contributed by atoms with Crippen molar-refractivity contribution in [3.63, 3.8) is 0 Å². The molecule has 0 bridgehead atoms. The third-order valence-corrected chi connectivity index (χ3v) is 2.88. The van der Waals surface area contributed by atoms with Crippen molar-refractivity contribution in [1.82, 2.24) is 0 Å². The number of rotatable bonds is 6. The van der Waals surface area contributed by atoms with Gasteiger partial charge >= 0.3 is 12.1 Å². The molecule has 0 atom stereocenters. The summed E-state index contributed by atoms with van der Waals surface area (Å²) in [6.07, 6.45) is -4.34. The number of aliphatic carboxylic acids is 1. The molecule has 8 heteroatoms. The highest BCUT2D eigenvalue weighted by atomic mass is 19.4. The second-order valence-electron chi connectivity index (χ2n) is 4.51. The number of carbonyl (C=O) groups is 2. The number of alkyl halides is 3. The highest BCUT2D eigenvalue weighted by molar-refractivity contribution is 5.98. The van der Waals surface area contributed by atoms with E-state index in [4.69, 9.17) is 10.8 Å². The van der Waals surface area contributed by atoms with E-state index in [9.17, 15) is 22.8 Å². The fourth-order valence-corrected chi connectivity index (χ4v) is 1.83. The lowest BCUT2D eigenvalue weighted by Crippen LogP contribution is -2.24. The van der Waals surface area contributed by atoms with Gasteiger partial charge in [0.25, 0.3) is 5.91 Å². The van der Waals surface area contributed by atoms with Gasteiger partial charge in [-0.15, -0.1) is 0 Å². The molecule has 1 amide bonds. The summed E-state index contributed by atoms with van der Waals surface area (Å²) in [5.74, 6) is -1.94. The van der Waals surface area contributed by atoms with E-state index in [0.717, 1.165) is 12.1 Å². The number of benzene rings is 1. The minimum absolute atomic E-state index is 0.0725. The molecule has 0 fully saturated rings. The standard InChI is InChI=1S/C13H15F3N2O3/c1-18(6-2-3-11(19)20)10-5-4-8(13(14,15)16)7-9(10)12(17)21/h4-5,7H,2-3,6H2,1H3,(H2,17,21)(H,19,20). The van der Waals surface area contributed by atoms with Crippen LogP contribution >= 0.6 is 0 Å². The Morgan fingerprint density at radius 2 is 1.95 bits per heavy atom. The Bertz CT molecular complexity index is 544. The fourth-order valence-electron chi connectivity index (χ4n) is 1.83. The molecule has 21 heavy (non-hydrogen) atoms. The van der Waals surface area contributed by atoms with Crippen molar-refractivity contribution in [2.24, 2.45) is 5.73 Å². The van der Waals surface area contributed by atoms with Crippen LogP contribution in [-0.2, 0) is 11.0 Å². The lowest BCUT2D eigenvalue weighted by Gasteiger charge is -2.22. The zero-order chi connectivity index (χ0) is 16.2. The first kappa shape index (κ1) is 16.8. The number of carbonyl (C=O) groups excluding carboxylic acids is 1. The molecule has 0 heterocycles. The number of carboxylic acid groups (broad SMARTS) is 1. The summed E-state index contributed by atoms with van der Waals surface area (Å²) in [5.41, 5.74) is 4.14. The van der Waals surface area contributed by atoms with Crippen LogP contribution in [0.3, 0.4) is 0 Å². The Labute approximate surface area is 119 Å². The molecule has 116 valence electrons. The molecule has 0 saturated heterocycles. The van der Waals surface area contributed by atoms with Gasteiger partial charge in [0.2, 0.25) is 0 Å². The van der Waals surface area contributed by atoms with Crippen LogP contribution in [0.5, 0.6) is 0 Å². The maximum absolute atomic E-state index is 12.6. The van der Waals surface area contributed by atoms with Crippen molar-refractivity contribution in [1.29, 1.82) is 0 Å². The van der Waals surface area contributed by atoms with Gasteiger partial charge in [-0.3, -0.25) is 9.59 Å². The highest BCUT2D eigenvalue weighted by Gasteiger charge is 2.31. The molecule has 0 aliphatic heterocycles. The van der Waals surface area contributed by atoms with Gasteiger partial charge in [0.1, 0.15) is 0 Å². The third kappa shape index (κ3) is 4.66. The Hall–Kier alpha value is -2.25. The van der Waals surface area contributed by atoms with Crippen LogP contribution in [0.1, 0.15) is 28.8 Å². The van der Waals surface area contributed by atoms with E-state index < -0.39 is 23.6 Å². The average molecular weight is 304 g/mol. The number of halogens is 3. The lowest BCUT2D eigenvalue weighted by molar-refractivity contribution is -0.138. The predicted octanol–water partition coefficient (Wildman–Crippen LogP) is 2.11. The maximum Gasteiger partial charge on any atom is 0.416 e. The van der Waals surface area contributed by atoms with E-state index in [-0.39, 0.29) is 24.2 Å². The van der Waals surface area contributed by atoms with Crippen LogP contribution in [0.15, 0.2) is 18.2 Å². The summed E-state index contributed by atoms with van der Waals surface area (Å²) in [5, 5.41) is 8.55. The minimum Gasteiger partial charge on any atom is -0.481 e. The SMILES string of the molecule is CN(CCCC(=O)O)c1ccc(C(F)(F)F)cc1C(N)=O. The summed E-state index contributed by atoms with van der Waals surface area (Å²) < 4.78 is 37.9. The van der Waals surface area contributed by atoms with Gasteiger partial charge in [-0.25, -0.2) is 0 Å². The van der Waals surface area contributed by atoms with E-state index in [1.807, 2.05) is 0 Å². The molecule has 3 N–H and O–H groups in total. The lowest BCUT2D eigenvalue weighted by atomic mass is 10.1. The zero-order valence-corrected chi connectivity index (χ0v) is 11.3. The summed E-state index contributed by atoms with van der Waals surface area (Å²) in [4.78, 5) is 23.3. The van der Waals surface area contributed by atoms with E-state index in [1.165, 1.54) is 4.90 Å². The van der Waals surface area contributed by atoms with Crippen molar-refractivity contribution in [2.75, 3.05) is 18.5 Å². The zero-order valence-electron chi connectivity index (χ0n) is 11.3. The highest BCUT2D eigenvalue weighted by Crippen LogP contribution is 2.32. The van der Waals surface area contributed by atoms with Gasteiger partial charge in [0, 0.05) is 25.7 Å². The number of carboxylic acids is 1. The molecule has 0 unspecified atom stereocenters. The number of hydrogen-bond donors (Lipinski definition) is 2. The van der Waals surface area contributed by atoms with E-state index in [0.29, 0.717) is 12.5 Å². The van der Waals surface area contributed by atoms with Gasteiger partial charge in [-0.2, -0.15) is 13.2 Å². The number of hydrogen-bond acceptors (Lipinski definition) is 3. The number of nitrogens with two attached hydrogens (primary N) is 1. The van der Waals surface area contributed by atoms with Gasteiger partial charge < -0.3 is 15.7 Å². The van der Waals surface area contributed by atoms with Crippen LogP contribution in [-0.4, -0.2) is 30.6 Å². The molecule has 0 aliphatic carbocycles. The van der Waals surface area contributed by atoms with Gasteiger partial charge in [-0.1, -0.05) is 0 Å². The Kier molecular flexibility index (Phi) is 5.17. The Morgan fingerprint density at radius 3 is 2.43 bits per heavy atom. The minimum atomic E-state index is -4.56. The smallest absolute Gasteiger partial charge is 0.416 e. The molecule has 5 nitrogen and oxygen atoms in total. The van der Waals surface area contributed by atoms with Crippen molar-refractivity contribution < 1.29 is 27.9 Å². The largest absolute Gasteiger partial charge is 0.481 e. The molecule has 1 rings (SSSR count). The first-order chi connectivity index (χ1) is 9.62. The normalized spacial score (nSPS) is 11.2. The molecule has 1 aromatic rings. The van der Waals surface area contributed by atoms with Crippen LogP contribution in [0.4, 0.5) is 18.9 Å². The third-order valence-electron chi connectivity index (χ3n) is 2.88. The van der Waals surface area contributed by atoms with Crippen LogP contribution in [0, 0.1) is 0 Å².